The van der Waals surface area contributed by atoms with Crippen LogP contribution in [0.5, 0.6) is 0 Å². The molecule has 1 N–H and O–H groups in total. The van der Waals surface area contributed by atoms with Crippen LogP contribution in [0.4, 0.5) is 0 Å². The van der Waals surface area contributed by atoms with E-state index in [1.807, 2.05) is 0 Å². The van der Waals surface area contributed by atoms with Crippen molar-refractivity contribution >= 4 is 0 Å². The molecule has 1 nitrogen and oxygen atoms in total. The van der Waals surface area contributed by atoms with Crippen LogP contribution in [-0.2, 0) is 0 Å². The molecule has 0 atom stereocenters. The van der Waals surface area contributed by atoms with Crippen molar-refractivity contribution in [2.75, 3.05) is 6.61 Å². The molecule has 12 heavy (non-hydrogen) atoms. The summed E-state index contributed by atoms with van der Waals surface area (Å²) in [6.07, 6.45) is 5.23. The number of rotatable bonds is 5. The highest BCUT2D eigenvalue weighted by molar-refractivity contribution is 5.25. The quantitative estimate of drug-likeness (QED) is 0.491. The average Bonchev–Trinajstić information content (AvgIpc) is 2.05. The van der Waals surface area contributed by atoms with Gasteiger partial charge in [-0.2, -0.15) is 0 Å². The van der Waals surface area contributed by atoms with Crippen LogP contribution in [0.3, 0.4) is 0 Å². The molecule has 0 saturated carbocycles. The minimum atomic E-state index is 0.155. The Kier molecular flexibility index (Phi) is 7.84. The maximum Gasteiger partial charge on any atom is 0.0477 e. The lowest BCUT2D eigenvalue weighted by atomic mass is 10.2. The van der Waals surface area contributed by atoms with Crippen molar-refractivity contribution < 1.29 is 5.11 Å². The van der Waals surface area contributed by atoms with Crippen LogP contribution in [0.25, 0.3) is 0 Å². The number of aliphatic hydroxyl groups is 1. The lowest BCUT2D eigenvalue weighted by molar-refractivity contribution is 0.301. The molecule has 0 saturated heterocycles. The molecule has 0 rings (SSSR count). The molecule has 0 unspecified atom stereocenters. The molecule has 0 radical (unpaired) electrons. The monoisotopic (exact) mass is 166 g/mol. The molecule has 1 heteroatoms. The first-order valence-corrected chi connectivity index (χ1v) is 4.58. The summed E-state index contributed by atoms with van der Waals surface area (Å²) in [5.74, 6) is 5.98. The Bertz CT molecular complexity index is 171. The van der Waals surface area contributed by atoms with Crippen molar-refractivity contribution in [3.8, 4) is 11.8 Å². The zero-order valence-electron chi connectivity index (χ0n) is 7.90. The highest BCUT2D eigenvalue weighted by Gasteiger charge is 1.85. The highest BCUT2D eigenvalue weighted by atomic mass is 16.2. The Morgan fingerprint density at radius 3 is 2.75 bits per heavy atom. The third-order valence-corrected chi connectivity index (χ3v) is 1.58. The van der Waals surface area contributed by atoms with E-state index in [1.165, 1.54) is 19.3 Å². The van der Waals surface area contributed by atoms with Crippen LogP contribution in [0.1, 0.15) is 39.0 Å². The summed E-state index contributed by atoms with van der Waals surface area (Å²) in [5, 5.41) is 8.55. The van der Waals surface area contributed by atoms with Crippen molar-refractivity contribution in [3.05, 3.63) is 12.2 Å². The van der Waals surface area contributed by atoms with Crippen LogP contribution in [0, 0.1) is 11.8 Å². The van der Waals surface area contributed by atoms with Crippen LogP contribution < -0.4 is 0 Å². The van der Waals surface area contributed by atoms with Gasteiger partial charge in [-0.3, -0.25) is 0 Å². The topological polar surface area (TPSA) is 20.2 Å². The van der Waals surface area contributed by atoms with E-state index in [0.717, 1.165) is 12.0 Å². The second-order valence-electron chi connectivity index (χ2n) is 2.84. The minimum Gasteiger partial charge on any atom is -0.396 e. The van der Waals surface area contributed by atoms with Gasteiger partial charge in [0, 0.05) is 19.4 Å². The van der Waals surface area contributed by atoms with Gasteiger partial charge in [-0.15, -0.1) is 0 Å². The zero-order valence-corrected chi connectivity index (χ0v) is 7.90. The van der Waals surface area contributed by atoms with E-state index in [9.17, 15) is 0 Å². The van der Waals surface area contributed by atoms with E-state index in [0.29, 0.717) is 6.42 Å². The predicted molar refractivity (Wildman–Crippen MR) is 52.8 cm³/mol. The fourth-order valence-electron chi connectivity index (χ4n) is 0.848. The van der Waals surface area contributed by atoms with E-state index in [4.69, 9.17) is 5.11 Å². The third-order valence-electron chi connectivity index (χ3n) is 1.58. The molecule has 0 amide bonds. The van der Waals surface area contributed by atoms with E-state index >= 15 is 0 Å². The molecule has 0 aromatic heterocycles. The molecule has 0 aliphatic carbocycles. The molecule has 0 heterocycles. The molecular formula is C11H18O. The van der Waals surface area contributed by atoms with Gasteiger partial charge in [0.2, 0.25) is 0 Å². The first kappa shape index (κ1) is 11.3. The van der Waals surface area contributed by atoms with Gasteiger partial charge in [-0.1, -0.05) is 38.2 Å². The van der Waals surface area contributed by atoms with Gasteiger partial charge in [0.1, 0.15) is 0 Å². The summed E-state index contributed by atoms with van der Waals surface area (Å²) in [4.78, 5) is 0. The van der Waals surface area contributed by atoms with E-state index < -0.39 is 0 Å². The Hall–Kier alpha value is -0.740. The summed E-state index contributed by atoms with van der Waals surface area (Å²) in [6.45, 7) is 6.06. The molecule has 0 aromatic rings. The van der Waals surface area contributed by atoms with E-state index in [1.54, 1.807) is 0 Å². The molecule has 0 aliphatic heterocycles. The van der Waals surface area contributed by atoms with Crippen LogP contribution >= 0.6 is 0 Å². The molecular weight excluding hydrogens is 148 g/mol. The number of aliphatic hydroxyl groups excluding tert-OH is 1. The minimum absolute atomic E-state index is 0.155. The van der Waals surface area contributed by atoms with Gasteiger partial charge in [-0.25, -0.2) is 0 Å². The van der Waals surface area contributed by atoms with Crippen LogP contribution in [0.15, 0.2) is 12.2 Å². The fraction of sp³-hybridized carbons (Fsp3) is 0.636. The normalized spacial score (nSPS) is 8.83. The van der Waals surface area contributed by atoms with Crippen molar-refractivity contribution in [1.29, 1.82) is 0 Å². The Morgan fingerprint density at radius 2 is 2.17 bits per heavy atom. The molecule has 0 aliphatic rings. The maximum absolute atomic E-state index is 8.55. The lowest BCUT2D eigenvalue weighted by Gasteiger charge is -1.91. The summed E-state index contributed by atoms with van der Waals surface area (Å²) < 4.78 is 0. The van der Waals surface area contributed by atoms with E-state index in [-0.39, 0.29) is 6.61 Å². The smallest absolute Gasteiger partial charge is 0.0477 e. The lowest BCUT2D eigenvalue weighted by Crippen LogP contribution is -1.83. The average molecular weight is 166 g/mol. The highest BCUT2D eigenvalue weighted by Crippen LogP contribution is 1.98. The molecule has 0 bridgehead atoms. The number of hydrogen-bond donors (Lipinski definition) is 1. The largest absolute Gasteiger partial charge is 0.396 e. The van der Waals surface area contributed by atoms with Crippen molar-refractivity contribution in [2.45, 2.75) is 39.0 Å². The number of hydrogen-bond acceptors (Lipinski definition) is 1. The van der Waals surface area contributed by atoms with Crippen LogP contribution in [-0.4, -0.2) is 11.7 Å². The maximum atomic E-state index is 8.55. The summed E-state index contributed by atoms with van der Waals surface area (Å²) in [7, 11) is 0. The Labute approximate surface area is 75.5 Å². The Morgan fingerprint density at radius 1 is 1.42 bits per heavy atom. The fourth-order valence-corrected chi connectivity index (χ4v) is 0.848. The second kappa shape index (κ2) is 8.36. The van der Waals surface area contributed by atoms with Crippen molar-refractivity contribution in [3.63, 3.8) is 0 Å². The summed E-state index contributed by atoms with van der Waals surface area (Å²) in [6, 6.07) is 0. The van der Waals surface area contributed by atoms with Crippen molar-refractivity contribution in [2.24, 2.45) is 0 Å². The van der Waals surface area contributed by atoms with Gasteiger partial charge in [0.05, 0.1) is 0 Å². The molecule has 0 aromatic carbocycles. The van der Waals surface area contributed by atoms with Crippen molar-refractivity contribution in [1.82, 2.24) is 0 Å². The first-order valence-electron chi connectivity index (χ1n) is 4.58. The first-order chi connectivity index (χ1) is 5.81. The second-order valence-corrected chi connectivity index (χ2v) is 2.84. The molecule has 0 spiro atoms. The van der Waals surface area contributed by atoms with Gasteiger partial charge in [0.25, 0.3) is 0 Å². The van der Waals surface area contributed by atoms with Gasteiger partial charge in [-0.05, 0) is 12.0 Å². The van der Waals surface area contributed by atoms with Gasteiger partial charge >= 0.3 is 0 Å². The van der Waals surface area contributed by atoms with Gasteiger partial charge < -0.3 is 5.11 Å². The van der Waals surface area contributed by atoms with Crippen LogP contribution in [0.2, 0.25) is 0 Å². The van der Waals surface area contributed by atoms with Gasteiger partial charge in [0.15, 0.2) is 0 Å². The zero-order chi connectivity index (χ0) is 9.23. The summed E-state index contributed by atoms with van der Waals surface area (Å²) in [5.41, 5.74) is 0.842. The standard InChI is InChI=1S/C11H18O/c1-3-4-5-6-7-8-11(2)9-10-12/h12H,2-6,9-10H2,1H3. The number of unbranched alkanes of at least 4 members (excludes halogenated alkanes) is 3. The Balaban J connectivity index is 3.38. The SMILES string of the molecule is C=C(C#CCCCCC)CCO. The molecule has 0 fully saturated rings. The predicted octanol–water partition coefficient (Wildman–Crippen LogP) is 2.51. The third kappa shape index (κ3) is 7.37. The molecule has 68 valence electrons. The summed E-state index contributed by atoms with van der Waals surface area (Å²) >= 11 is 0. The van der Waals surface area contributed by atoms with E-state index in [2.05, 4.69) is 25.3 Å².